The third kappa shape index (κ3) is 3.84. The van der Waals surface area contributed by atoms with Crippen LogP contribution in [0.5, 0.6) is 0 Å². The molecule has 0 aliphatic rings. The van der Waals surface area contributed by atoms with E-state index in [9.17, 15) is 19.1 Å². The number of anilines is 1. The van der Waals surface area contributed by atoms with Crippen LogP contribution in [0.2, 0.25) is 0 Å². The van der Waals surface area contributed by atoms with Gasteiger partial charge in [-0.3, -0.25) is 14.6 Å². The predicted octanol–water partition coefficient (Wildman–Crippen LogP) is 2.45. The summed E-state index contributed by atoms with van der Waals surface area (Å²) in [5, 5.41) is 13.4. The second-order valence-corrected chi connectivity index (χ2v) is 6.51. The number of aliphatic hydroxyl groups excluding tert-OH is 1. The number of carbonyl (C=O) groups excluding carboxylic acids is 1. The Balaban J connectivity index is 1.80. The number of hydrogen-bond acceptors (Lipinski definition) is 4. The molecule has 0 unspecified atom stereocenters. The zero-order chi connectivity index (χ0) is 20.4. The Bertz CT molecular complexity index is 1300. The molecule has 0 saturated heterocycles. The highest BCUT2D eigenvalue weighted by Gasteiger charge is 2.14. The molecule has 4 rings (SSSR count). The van der Waals surface area contributed by atoms with E-state index >= 15 is 0 Å². The van der Waals surface area contributed by atoms with Crippen molar-refractivity contribution in [2.75, 3.05) is 5.32 Å². The van der Waals surface area contributed by atoms with Gasteiger partial charge >= 0.3 is 0 Å². The largest absolute Gasteiger partial charge is 0.503 e. The first kappa shape index (κ1) is 18.4. The van der Waals surface area contributed by atoms with Gasteiger partial charge < -0.3 is 14.8 Å². The third-order valence-corrected chi connectivity index (χ3v) is 4.53. The fourth-order valence-electron chi connectivity index (χ4n) is 3.13. The number of nitrogens with one attached hydrogen (secondary N) is 1. The Labute approximate surface area is 164 Å². The fraction of sp³-hybridized carbons (Fsp3) is 0.0455. The van der Waals surface area contributed by atoms with Crippen molar-refractivity contribution >= 4 is 22.9 Å². The van der Waals surface area contributed by atoms with Crippen molar-refractivity contribution in [2.45, 2.75) is 6.42 Å². The number of pyridine rings is 2. The zero-order valence-corrected chi connectivity index (χ0v) is 15.2. The van der Waals surface area contributed by atoms with Crippen LogP contribution < -0.4 is 16.0 Å². The van der Waals surface area contributed by atoms with Gasteiger partial charge in [-0.2, -0.15) is 0 Å². The minimum absolute atomic E-state index is 0.242. The normalized spacial score (nSPS) is 12.0. The highest BCUT2D eigenvalue weighted by molar-refractivity contribution is 6.17. The van der Waals surface area contributed by atoms with E-state index in [1.807, 2.05) is 0 Å². The summed E-state index contributed by atoms with van der Waals surface area (Å²) in [5.74, 6) is -1.53. The maximum Gasteiger partial charge on any atom is 0.291 e. The summed E-state index contributed by atoms with van der Waals surface area (Å²) in [6, 6.07) is 13.7. The SMILES string of the molecule is O=C(Nc1ccncc1)C(O)=c1cc(Cc2ccc(F)cc2)n2ccc(=O)cc12. The van der Waals surface area contributed by atoms with E-state index in [4.69, 9.17) is 0 Å². The van der Waals surface area contributed by atoms with Gasteiger partial charge in [0, 0.05) is 53.7 Å². The van der Waals surface area contributed by atoms with Crippen LogP contribution in [0.15, 0.2) is 78.0 Å². The lowest BCUT2D eigenvalue weighted by molar-refractivity contribution is -0.112. The number of aliphatic hydroxyl groups is 1. The Morgan fingerprint density at radius 1 is 1.07 bits per heavy atom. The summed E-state index contributed by atoms with van der Waals surface area (Å²) in [5.41, 5.74) is 2.25. The van der Waals surface area contributed by atoms with Gasteiger partial charge in [-0.25, -0.2) is 4.39 Å². The first-order chi connectivity index (χ1) is 14.0. The number of benzene rings is 1. The molecule has 144 valence electrons. The number of fused-ring (bicyclic) bond motifs is 1. The monoisotopic (exact) mass is 389 g/mol. The summed E-state index contributed by atoms with van der Waals surface area (Å²) >= 11 is 0. The molecule has 1 amide bonds. The van der Waals surface area contributed by atoms with Crippen LogP contribution >= 0.6 is 0 Å². The minimum atomic E-state index is -0.701. The molecular formula is C22H16FN3O3. The van der Waals surface area contributed by atoms with Gasteiger partial charge in [0.05, 0.1) is 5.52 Å². The van der Waals surface area contributed by atoms with Gasteiger partial charge in [-0.15, -0.1) is 0 Å². The van der Waals surface area contributed by atoms with E-state index in [-0.39, 0.29) is 16.5 Å². The Morgan fingerprint density at radius 2 is 1.79 bits per heavy atom. The molecule has 0 atom stereocenters. The number of amides is 1. The number of aromatic nitrogens is 2. The molecule has 0 fully saturated rings. The Kier molecular flexibility index (Phi) is 4.78. The van der Waals surface area contributed by atoms with Crippen molar-refractivity contribution in [3.05, 3.63) is 106 Å². The maximum atomic E-state index is 13.2. The van der Waals surface area contributed by atoms with Crippen LogP contribution in [0.1, 0.15) is 11.3 Å². The fourth-order valence-corrected chi connectivity index (χ4v) is 3.13. The summed E-state index contributed by atoms with van der Waals surface area (Å²) in [6.07, 6.45) is 5.06. The number of hydrogen-bond donors (Lipinski definition) is 2. The second kappa shape index (κ2) is 7.55. The number of nitrogens with zero attached hydrogens (tertiary/aromatic N) is 2. The van der Waals surface area contributed by atoms with Crippen LogP contribution in [0, 0.1) is 5.82 Å². The molecule has 0 spiro atoms. The highest BCUT2D eigenvalue weighted by Crippen LogP contribution is 2.13. The number of halogens is 1. The molecule has 0 saturated carbocycles. The van der Waals surface area contributed by atoms with Crippen LogP contribution in [-0.4, -0.2) is 20.4 Å². The topological polar surface area (TPSA) is 83.7 Å². The summed E-state index contributed by atoms with van der Waals surface area (Å²) < 4.78 is 14.9. The average Bonchev–Trinajstić information content (AvgIpc) is 3.07. The average molecular weight is 389 g/mol. The van der Waals surface area contributed by atoms with Crippen LogP contribution in [0.4, 0.5) is 10.1 Å². The molecule has 3 heterocycles. The molecule has 1 aromatic carbocycles. The van der Waals surface area contributed by atoms with Crippen molar-refractivity contribution in [1.29, 1.82) is 0 Å². The molecular weight excluding hydrogens is 373 g/mol. The van der Waals surface area contributed by atoms with Crippen molar-refractivity contribution < 1.29 is 14.3 Å². The first-order valence-electron chi connectivity index (χ1n) is 8.84. The van der Waals surface area contributed by atoms with E-state index in [2.05, 4.69) is 10.3 Å². The van der Waals surface area contributed by atoms with E-state index in [0.717, 1.165) is 11.3 Å². The third-order valence-electron chi connectivity index (χ3n) is 4.53. The predicted molar refractivity (Wildman–Crippen MR) is 107 cm³/mol. The van der Waals surface area contributed by atoms with Crippen LogP contribution in [0.25, 0.3) is 11.3 Å². The van der Waals surface area contributed by atoms with Gasteiger partial charge in [0.1, 0.15) is 5.82 Å². The lowest BCUT2D eigenvalue weighted by Crippen LogP contribution is -2.20. The Morgan fingerprint density at radius 3 is 2.52 bits per heavy atom. The van der Waals surface area contributed by atoms with Crippen molar-refractivity contribution in [3.63, 3.8) is 0 Å². The van der Waals surface area contributed by atoms with Crippen LogP contribution in [0.3, 0.4) is 0 Å². The van der Waals surface area contributed by atoms with Gasteiger partial charge in [0.2, 0.25) is 0 Å². The minimum Gasteiger partial charge on any atom is -0.503 e. The van der Waals surface area contributed by atoms with Crippen LogP contribution in [-0.2, 0) is 11.2 Å². The lowest BCUT2D eigenvalue weighted by Gasteiger charge is -2.03. The maximum absolute atomic E-state index is 13.2. The standard InChI is InChI=1S/C22H16FN3O3/c23-15-3-1-14(2-4-15)11-17-12-19(20-13-18(27)7-10-26(17)20)21(28)22(29)25-16-5-8-24-9-6-16/h1-10,12-13,28H,11H2,(H,24,25,29). The Hall–Kier alpha value is -4.00. The first-order valence-corrected chi connectivity index (χ1v) is 8.84. The molecule has 6 nitrogen and oxygen atoms in total. The molecule has 0 aliphatic heterocycles. The smallest absolute Gasteiger partial charge is 0.291 e. The van der Waals surface area contributed by atoms with Gasteiger partial charge in [-0.1, -0.05) is 12.1 Å². The molecule has 3 aromatic heterocycles. The van der Waals surface area contributed by atoms with Gasteiger partial charge in [-0.05, 0) is 35.9 Å². The molecule has 0 radical (unpaired) electrons. The number of rotatable bonds is 4. The summed E-state index contributed by atoms with van der Waals surface area (Å²) in [4.78, 5) is 28.2. The highest BCUT2D eigenvalue weighted by atomic mass is 19.1. The quantitative estimate of drug-likeness (QED) is 0.562. The van der Waals surface area contributed by atoms with Crippen molar-refractivity contribution in [1.82, 2.24) is 9.38 Å². The van der Waals surface area contributed by atoms with E-state index in [0.29, 0.717) is 17.6 Å². The van der Waals surface area contributed by atoms with Gasteiger partial charge in [0.25, 0.3) is 5.91 Å². The summed E-state index contributed by atoms with van der Waals surface area (Å²) in [6.45, 7) is 0. The molecule has 4 aromatic rings. The van der Waals surface area contributed by atoms with E-state index < -0.39 is 11.7 Å². The van der Waals surface area contributed by atoms with E-state index in [1.165, 1.54) is 36.7 Å². The van der Waals surface area contributed by atoms with E-state index in [1.54, 1.807) is 40.9 Å². The van der Waals surface area contributed by atoms with Crippen molar-refractivity contribution in [2.24, 2.45) is 0 Å². The molecule has 0 bridgehead atoms. The second-order valence-electron chi connectivity index (χ2n) is 6.51. The molecule has 0 aliphatic carbocycles. The zero-order valence-electron chi connectivity index (χ0n) is 15.2. The molecule has 29 heavy (non-hydrogen) atoms. The number of carbonyl (C=O) groups is 1. The summed E-state index contributed by atoms with van der Waals surface area (Å²) in [7, 11) is 0. The molecule has 2 N–H and O–H groups in total. The lowest BCUT2D eigenvalue weighted by atomic mass is 10.1. The van der Waals surface area contributed by atoms with Gasteiger partial charge in [0.15, 0.2) is 11.2 Å². The molecule has 7 heteroatoms. The van der Waals surface area contributed by atoms with Crippen molar-refractivity contribution in [3.8, 4) is 0 Å².